The first-order valence-electron chi connectivity index (χ1n) is 12.1. The predicted molar refractivity (Wildman–Crippen MR) is 143 cm³/mol. The molecular formula is C26H29Cl2N3O4S. The minimum Gasteiger partial charge on any atom is -0.382 e. The van der Waals surface area contributed by atoms with Crippen LogP contribution in [0.25, 0.3) is 16.9 Å². The number of nitrogens with one attached hydrogen (secondary N) is 1. The number of halogens is 2. The van der Waals surface area contributed by atoms with E-state index in [2.05, 4.69) is 10.4 Å². The molecule has 0 saturated heterocycles. The maximum Gasteiger partial charge on any atom is 0.309 e. The SMILES string of the molecule is CCCS(=O)(=O)Oc1ccc(-c2c(C)c(C(=O)NC3CCCCC3)nn2-c2ccc(Cl)cc2Cl)cc1. The summed E-state index contributed by atoms with van der Waals surface area (Å²) in [5.41, 5.74) is 2.95. The van der Waals surface area contributed by atoms with E-state index in [1.807, 2.05) is 6.92 Å². The second kappa shape index (κ2) is 11.2. The quantitative estimate of drug-likeness (QED) is 0.331. The summed E-state index contributed by atoms with van der Waals surface area (Å²) in [6.07, 6.45) is 5.79. The summed E-state index contributed by atoms with van der Waals surface area (Å²) in [7, 11) is -3.65. The van der Waals surface area contributed by atoms with Gasteiger partial charge in [-0.15, -0.1) is 0 Å². The zero-order valence-corrected chi connectivity index (χ0v) is 22.6. The van der Waals surface area contributed by atoms with Crippen LogP contribution >= 0.6 is 23.2 Å². The number of rotatable bonds is 8. The van der Waals surface area contributed by atoms with Crippen molar-refractivity contribution in [1.29, 1.82) is 0 Å². The molecule has 0 bridgehead atoms. The molecule has 7 nitrogen and oxygen atoms in total. The molecule has 1 saturated carbocycles. The molecule has 36 heavy (non-hydrogen) atoms. The summed E-state index contributed by atoms with van der Waals surface area (Å²) in [5.74, 6) is -0.0689. The van der Waals surface area contributed by atoms with E-state index in [0.29, 0.717) is 39.1 Å². The molecule has 1 heterocycles. The van der Waals surface area contributed by atoms with Crippen molar-refractivity contribution in [1.82, 2.24) is 15.1 Å². The first kappa shape index (κ1) is 26.5. The first-order valence-corrected chi connectivity index (χ1v) is 14.4. The van der Waals surface area contributed by atoms with Crippen molar-refractivity contribution in [2.45, 2.75) is 58.4 Å². The van der Waals surface area contributed by atoms with Gasteiger partial charge in [-0.3, -0.25) is 4.79 Å². The van der Waals surface area contributed by atoms with Gasteiger partial charge in [0.2, 0.25) is 0 Å². The number of benzene rings is 2. The lowest BCUT2D eigenvalue weighted by Crippen LogP contribution is -2.36. The number of carbonyl (C=O) groups is 1. The number of hydrogen-bond donors (Lipinski definition) is 1. The Hall–Kier alpha value is -2.55. The van der Waals surface area contributed by atoms with Gasteiger partial charge in [-0.05, 0) is 68.7 Å². The Morgan fingerprint density at radius 3 is 2.44 bits per heavy atom. The summed E-state index contributed by atoms with van der Waals surface area (Å²) in [5, 5.41) is 8.67. The van der Waals surface area contributed by atoms with Crippen molar-refractivity contribution < 1.29 is 17.4 Å². The number of carbonyl (C=O) groups excluding carboxylic acids is 1. The highest BCUT2D eigenvalue weighted by Crippen LogP contribution is 2.34. The van der Waals surface area contributed by atoms with Gasteiger partial charge in [-0.1, -0.05) is 49.4 Å². The normalized spacial score (nSPS) is 14.6. The molecule has 1 fully saturated rings. The Kier molecular flexibility index (Phi) is 8.27. The van der Waals surface area contributed by atoms with Crippen LogP contribution in [-0.4, -0.2) is 35.9 Å². The molecule has 0 unspecified atom stereocenters. The summed E-state index contributed by atoms with van der Waals surface area (Å²) in [4.78, 5) is 13.2. The predicted octanol–water partition coefficient (Wildman–Crippen LogP) is 6.34. The molecule has 1 aromatic heterocycles. The van der Waals surface area contributed by atoms with Crippen molar-refractivity contribution in [2.24, 2.45) is 0 Å². The van der Waals surface area contributed by atoms with Gasteiger partial charge in [0, 0.05) is 22.2 Å². The molecule has 0 atom stereocenters. The summed E-state index contributed by atoms with van der Waals surface area (Å²) in [6, 6.07) is 11.9. The van der Waals surface area contributed by atoms with Crippen molar-refractivity contribution in [3.63, 3.8) is 0 Å². The smallest absolute Gasteiger partial charge is 0.309 e. The van der Waals surface area contributed by atoms with E-state index in [1.54, 1.807) is 54.1 Å². The van der Waals surface area contributed by atoms with E-state index < -0.39 is 10.1 Å². The fraction of sp³-hybridized carbons (Fsp3) is 0.385. The zero-order valence-electron chi connectivity index (χ0n) is 20.3. The van der Waals surface area contributed by atoms with Gasteiger partial charge < -0.3 is 9.50 Å². The van der Waals surface area contributed by atoms with Gasteiger partial charge in [0.25, 0.3) is 5.91 Å². The van der Waals surface area contributed by atoms with Gasteiger partial charge in [0.15, 0.2) is 5.69 Å². The van der Waals surface area contributed by atoms with Crippen molar-refractivity contribution in [3.05, 3.63) is 63.8 Å². The molecule has 4 rings (SSSR count). The highest BCUT2D eigenvalue weighted by molar-refractivity contribution is 7.87. The monoisotopic (exact) mass is 549 g/mol. The van der Waals surface area contributed by atoms with E-state index in [4.69, 9.17) is 27.4 Å². The van der Waals surface area contributed by atoms with E-state index >= 15 is 0 Å². The van der Waals surface area contributed by atoms with Crippen molar-refractivity contribution in [2.75, 3.05) is 5.75 Å². The Morgan fingerprint density at radius 1 is 1.11 bits per heavy atom. The Bertz CT molecular complexity index is 1350. The van der Waals surface area contributed by atoms with Crippen LogP contribution in [0.1, 0.15) is 61.5 Å². The van der Waals surface area contributed by atoms with Gasteiger partial charge in [-0.2, -0.15) is 13.5 Å². The molecule has 0 aliphatic heterocycles. The highest BCUT2D eigenvalue weighted by Gasteiger charge is 2.25. The van der Waals surface area contributed by atoms with Gasteiger partial charge >= 0.3 is 10.1 Å². The second-order valence-electron chi connectivity index (χ2n) is 9.01. The Morgan fingerprint density at radius 2 is 1.81 bits per heavy atom. The van der Waals surface area contributed by atoms with Gasteiger partial charge in [0.05, 0.1) is 22.2 Å². The topological polar surface area (TPSA) is 90.3 Å². The number of amides is 1. The van der Waals surface area contributed by atoms with Crippen LogP contribution in [0.3, 0.4) is 0 Å². The Balaban J connectivity index is 1.74. The second-order valence-corrected chi connectivity index (χ2v) is 11.5. The minimum atomic E-state index is -3.65. The molecule has 0 spiro atoms. The maximum absolute atomic E-state index is 13.2. The zero-order chi connectivity index (χ0) is 25.9. The molecular weight excluding hydrogens is 521 g/mol. The Labute approximate surface area is 221 Å². The lowest BCUT2D eigenvalue weighted by atomic mass is 9.95. The van der Waals surface area contributed by atoms with E-state index in [9.17, 15) is 13.2 Å². The highest BCUT2D eigenvalue weighted by atomic mass is 35.5. The van der Waals surface area contributed by atoms with Crippen LogP contribution in [0.4, 0.5) is 0 Å². The minimum absolute atomic E-state index is 0.0604. The molecule has 192 valence electrons. The molecule has 10 heteroatoms. The standard InChI is InChI=1S/C26H29Cl2N3O4S/c1-3-15-36(33,34)35-21-12-9-18(10-13-21)25-17(2)24(26(32)29-20-7-5-4-6-8-20)30-31(25)23-14-11-19(27)16-22(23)28/h9-14,16,20H,3-8,15H2,1-2H3,(H,29,32). The molecule has 1 aliphatic carbocycles. The molecule has 2 aromatic carbocycles. The third-order valence-corrected chi connectivity index (χ3v) is 8.11. The van der Waals surface area contributed by atoms with Gasteiger partial charge in [0.1, 0.15) is 5.75 Å². The van der Waals surface area contributed by atoms with Crippen molar-refractivity contribution in [3.8, 4) is 22.7 Å². The van der Waals surface area contributed by atoms with Crippen LogP contribution < -0.4 is 9.50 Å². The molecule has 1 amide bonds. The molecule has 1 aliphatic rings. The van der Waals surface area contributed by atoms with E-state index in [1.165, 1.54) is 6.42 Å². The summed E-state index contributed by atoms with van der Waals surface area (Å²) in [6.45, 7) is 3.62. The average Bonchev–Trinajstić information content (AvgIpc) is 3.17. The fourth-order valence-corrected chi connectivity index (χ4v) is 5.96. The lowest BCUT2D eigenvalue weighted by molar-refractivity contribution is 0.0921. The van der Waals surface area contributed by atoms with Crippen molar-refractivity contribution >= 4 is 39.2 Å². The summed E-state index contributed by atoms with van der Waals surface area (Å²) >= 11 is 12.6. The summed E-state index contributed by atoms with van der Waals surface area (Å²) < 4.78 is 30.9. The average molecular weight is 551 g/mol. The van der Waals surface area contributed by atoms with E-state index in [0.717, 1.165) is 31.2 Å². The number of hydrogen-bond acceptors (Lipinski definition) is 5. The molecule has 0 radical (unpaired) electrons. The van der Waals surface area contributed by atoms with Crippen LogP contribution in [0.2, 0.25) is 10.0 Å². The number of nitrogens with zero attached hydrogens (tertiary/aromatic N) is 2. The lowest BCUT2D eigenvalue weighted by Gasteiger charge is -2.22. The number of aromatic nitrogens is 2. The van der Waals surface area contributed by atoms with Crippen LogP contribution in [0, 0.1) is 6.92 Å². The third kappa shape index (κ3) is 6.05. The van der Waals surface area contributed by atoms with E-state index in [-0.39, 0.29) is 23.5 Å². The third-order valence-electron chi connectivity index (χ3n) is 6.22. The maximum atomic E-state index is 13.2. The van der Waals surface area contributed by atoms with Crippen LogP contribution in [-0.2, 0) is 10.1 Å². The molecule has 1 N–H and O–H groups in total. The fourth-order valence-electron chi connectivity index (χ4n) is 4.49. The van der Waals surface area contributed by atoms with Crippen LogP contribution in [0.15, 0.2) is 42.5 Å². The van der Waals surface area contributed by atoms with Crippen LogP contribution in [0.5, 0.6) is 5.75 Å². The first-order chi connectivity index (χ1) is 17.2. The molecule has 3 aromatic rings. The van der Waals surface area contributed by atoms with Gasteiger partial charge in [-0.25, -0.2) is 4.68 Å². The largest absolute Gasteiger partial charge is 0.382 e.